The van der Waals surface area contributed by atoms with E-state index < -0.39 is 34.5 Å². The first-order valence-electron chi connectivity index (χ1n) is 12.0. The molecule has 1 saturated heterocycles. The van der Waals surface area contributed by atoms with Crippen LogP contribution in [0.15, 0.2) is 18.3 Å². The quantitative estimate of drug-likeness (QED) is 0.624. The molecule has 186 valence electrons. The van der Waals surface area contributed by atoms with E-state index in [1.165, 1.54) is 17.3 Å². The summed E-state index contributed by atoms with van der Waals surface area (Å²) in [4.78, 5) is 27.4. The predicted molar refractivity (Wildman–Crippen MR) is 130 cm³/mol. The Labute approximate surface area is 204 Å². The Bertz CT molecular complexity index is 1020. The fourth-order valence-corrected chi connectivity index (χ4v) is 5.66. The molecule has 0 saturated carbocycles. The third-order valence-electron chi connectivity index (χ3n) is 6.93. The lowest BCUT2D eigenvalue weighted by molar-refractivity contribution is 0.0168. The molecule has 8 nitrogen and oxygen atoms in total. The van der Waals surface area contributed by atoms with Gasteiger partial charge in [0.05, 0.1) is 16.8 Å². The van der Waals surface area contributed by atoms with Crippen LogP contribution in [0.25, 0.3) is 0 Å². The Morgan fingerprint density at radius 1 is 1.15 bits per heavy atom. The Balaban J connectivity index is 1.55. The van der Waals surface area contributed by atoms with Crippen molar-refractivity contribution < 1.29 is 23.1 Å². The van der Waals surface area contributed by atoms with Crippen molar-refractivity contribution in [3.8, 4) is 0 Å². The molecule has 3 amide bonds. The summed E-state index contributed by atoms with van der Waals surface area (Å²) >= 11 is -2.81. The molecule has 34 heavy (non-hydrogen) atoms. The van der Waals surface area contributed by atoms with Gasteiger partial charge >= 0.3 is 12.1 Å². The number of hydrogen-bond acceptors (Lipinski definition) is 5. The first kappa shape index (κ1) is 24.7. The van der Waals surface area contributed by atoms with Crippen LogP contribution in [-0.2, 0) is 41.7 Å². The zero-order chi connectivity index (χ0) is 24.7. The van der Waals surface area contributed by atoms with E-state index in [-0.39, 0.29) is 0 Å². The zero-order valence-corrected chi connectivity index (χ0v) is 21.3. The second-order valence-corrected chi connectivity index (χ2v) is 11.4. The van der Waals surface area contributed by atoms with Gasteiger partial charge in [-0.3, -0.25) is 9.11 Å². The third kappa shape index (κ3) is 5.00. The molecule has 0 bridgehead atoms. The van der Waals surface area contributed by atoms with Crippen molar-refractivity contribution in [2.24, 2.45) is 0 Å². The van der Waals surface area contributed by atoms with Gasteiger partial charge in [-0.25, -0.2) is 13.9 Å². The van der Waals surface area contributed by atoms with Gasteiger partial charge in [0, 0.05) is 18.4 Å². The highest BCUT2D eigenvalue weighted by molar-refractivity contribution is 7.77. The van der Waals surface area contributed by atoms with Gasteiger partial charge in [-0.05, 0) is 107 Å². The van der Waals surface area contributed by atoms with Crippen molar-refractivity contribution >= 4 is 29.1 Å². The fraction of sp³-hybridized carbons (Fsp3) is 0.600. The van der Waals surface area contributed by atoms with Crippen molar-refractivity contribution in [2.45, 2.75) is 90.2 Å². The minimum atomic E-state index is -2.81. The maximum absolute atomic E-state index is 13.1. The molecule has 0 spiro atoms. The summed E-state index contributed by atoms with van der Waals surface area (Å²) in [5.74, 6) is 0. The molecule has 1 unspecified atom stereocenters. The summed E-state index contributed by atoms with van der Waals surface area (Å²) < 4.78 is 30.2. The van der Waals surface area contributed by atoms with E-state index in [0.29, 0.717) is 17.3 Å². The number of carbonyl (C=O) groups is 2. The largest absolute Gasteiger partial charge is 0.755 e. The molecule has 0 radical (unpaired) electrons. The van der Waals surface area contributed by atoms with Crippen molar-refractivity contribution in [3.05, 3.63) is 40.6 Å². The molecule has 1 N–H and O–H groups in total. The SMILES string of the molecule is CC(C)(C)OC(=O)N1CCC[C@]1(C)/C=C/N(C(=O)Nc1c2c(cc3c1CCC3)CCC2)S(=O)[O-]. The lowest BCUT2D eigenvalue weighted by atomic mass is 9.99. The van der Waals surface area contributed by atoms with Gasteiger partial charge in [0.1, 0.15) is 5.60 Å². The lowest BCUT2D eigenvalue weighted by Gasteiger charge is -2.34. The van der Waals surface area contributed by atoms with Gasteiger partial charge in [-0.2, -0.15) is 0 Å². The average Bonchev–Trinajstić information content (AvgIpc) is 3.45. The number of ether oxygens (including phenoxy) is 1. The van der Waals surface area contributed by atoms with E-state index in [4.69, 9.17) is 4.74 Å². The highest BCUT2D eigenvalue weighted by atomic mass is 32.2. The van der Waals surface area contributed by atoms with E-state index in [9.17, 15) is 18.4 Å². The number of likely N-dealkylation sites (tertiary alicyclic amines) is 1. The fourth-order valence-electron chi connectivity index (χ4n) is 5.32. The van der Waals surface area contributed by atoms with Crippen LogP contribution in [0.1, 0.15) is 75.6 Å². The molecule has 1 heterocycles. The van der Waals surface area contributed by atoms with Gasteiger partial charge in [0.15, 0.2) is 0 Å². The molecule has 0 aromatic heterocycles. The molecule has 1 aromatic rings. The number of rotatable bonds is 4. The standard InChI is InChI=1S/C25H35N3O5S/c1-24(2,3)33-23(30)27-14-7-12-25(27,4)13-15-28(34(31)32)22(29)26-21-19-10-5-8-17(19)16-18-9-6-11-20(18)21/h13,15-16H,5-12,14H2,1-4H3,(H,26,29)(H,31,32)/p-1/b15-13+/t25-/m1/s1. The average molecular weight is 489 g/mol. The molecule has 1 fully saturated rings. The van der Waals surface area contributed by atoms with Crippen LogP contribution in [0, 0.1) is 0 Å². The summed E-state index contributed by atoms with van der Waals surface area (Å²) in [5, 5.41) is 2.91. The number of aryl methyl sites for hydroxylation is 2. The predicted octanol–water partition coefficient (Wildman–Crippen LogP) is 4.60. The summed E-state index contributed by atoms with van der Waals surface area (Å²) in [6.07, 6.45) is 9.64. The minimum absolute atomic E-state index is 0.452. The smallest absolute Gasteiger partial charge is 0.410 e. The van der Waals surface area contributed by atoms with Crippen LogP contribution in [-0.4, -0.2) is 47.8 Å². The van der Waals surface area contributed by atoms with Crippen molar-refractivity contribution in [2.75, 3.05) is 11.9 Å². The molecule has 1 aliphatic heterocycles. The summed E-state index contributed by atoms with van der Waals surface area (Å²) in [7, 11) is 0. The molecule has 2 aliphatic carbocycles. The lowest BCUT2D eigenvalue weighted by Crippen LogP contribution is -2.46. The highest BCUT2D eigenvalue weighted by Gasteiger charge is 2.40. The van der Waals surface area contributed by atoms with Gasteiger partial charge in [0.2, 0.25) is 0 Å². The van der Waals surface area contributed by atoms with Gasteiger partial charge in [-0.15, -0.1) is 0 Å². The number of benzene rings is 1. The summed E-state index contributed by atoms with van der Waals surface area (Å²) in [6, 6.07) is 1.54. The van der Waals surface area contributed by atoms with Crippen LogP contribution in [0.5, 0.6) is 0 Å². The van der Waals surface area contributed by atoms with Crippen LogP contribution < -0.4 is 5.32 Å². The second-order valence-electron chi connectivity index (χ2n) is 10.6. The zero-order valence-electron chi connectivity index (χ0n) is 20.4. The minimum Gasteiger partial charge on any atom is -0.755 e. The highest BCUT2D eigenvalue weighted by Crippen LogP contribution is 2.39. The summed E-state index contributed by atoms with van der Waals surface area (Å²) in [6.45, 7) is 7.76. The normalized spacial score (nSPS) is 22.6. The third-order valence-corrected chi connectivity index (χ3v) is 7.54. The second kappa shape index (κ2) is 9.34. The van der Waals surface area contributed by atoms with E-state index in [1.54, 1.807) is 31.7 Å². The number of urea groups is 1. The number of carbonyl (C=O) groups excluding carboxylic acids is 2. The van der Waals surface area contributed by atoms with Crippen LogP contribution in [0.3, 0.4) is 0 Å². The number of nitrogens with one attached hydrogen (secondary N) is 1. The van der Waals surface area contributed by atoms with E-state index >= 15 is 0 Å². The van der Waals surface area contributed by atoms with Crippen molar-refractivity contribution in [1.29, 1.82) is 0 Å². The topological polar surface area (TPSA) is 102 Å². The van der Waals surface area contributed by atoms with Crippen LogP contribution in [0.2, 0.25) is 0 Å². The monoisotopic (exact) mass is 488 g/mol. The Kier molecular flexibility index (Phi) is 6.79. The maximum Gasteiger partial charge on any atom is 0.410 e. The first-order valence-corrected chi connectivity index (χ1v) is 13.1. The Morgan fingerprint density at radius 2 is 1.76 bits per heavy atom. The van der Waals surface area contributed by atoms with Gasteiger partial charge in [0.25, 0.3) is 0 Å². The molecule has 9 heteroatoms. The van der Waals surface area contributed by atoms with Crippen LogP contribution in [0.4, 0.5) is 15.3 Å². The summed E-state index contributed by atoms with van der Waals surface area (Å²) in [5.41, 5.74) is 4.18. The molecule has 1 aromatic carbocycles. The number of hydrogen-bond donors (Lipinski definition) is 1. The molecular weight excluding hydrogens is 454 g/mol. The van der Waals surface area contributed by atoms with E-state index in [1.807, 2.05) is 6.92 Å². The van der Waals surface area contributed by atoms with E-state index in [0.717, 1.165) is 61.8 Å². The molecule has 3 aliphatic rings. The van der Waals surface area contributed by atoms with Crippen LogP contribution >= 0.6 is 0 Å². The number of fused-ring (bicyclic) bond motifs is 2. The number of anilines is 1. The first-order chi connectivity index (χ1) is 16.0. The number of nitrogens with zero attached hydrogens (tertiary/aromatic N) is 2. The Morgan fingerprint density at radius 3 is 2.32 bits per heavy atom. The van der Waals surface area contributed by atoms with Gasteiger partial charge < -0.3 is 14.6 Å². The maximum atomic E-state index is 13.1. The van der Waals surface area contributed by atoms with E-state index in [2.05, 4.69) is 11.4 Å². The van der Waals surface area contributed by atoms with Crippen molar-refractivity contribution in [3.63, 3.8) is 0 Å². The number of amides is 3. The molecule has 2 atom stereocenters. The Hall–Kier alpha value is -2.39. The van der Waals surface area contributed by atoms with Gasteiger partial charge in [-0.1, -0.05) is 6.07 Å². The molecular formula is C25H34N3O5S-. The molecule has 4 rings (SSSR count). The van der Waals surface area contributed by atoms with Crippen molar-refractivity contribution in [1.82, 2.24) is 9.21 Å².